The van der Waals surface area contributed by atoms with Gasteiger partial charge in [-0.05, 0) is 25.1 Å². The first-order valence-electron chi connectivity index (χ1n) is 7.83. The molecule has 20 heavy (non-hydrogen) atoms. The van der Waals surface area contributed by atoms with Crippen LogP contribution in [-0.4, -0.2) is 44.3 Å². The van der Waals surface area contributed by atoms with Crippen molar-refractivity contribution in [2.75, 3.05) is 39.4 Å². The predicted molar refractivity (Wildman–Crippen MR) is 83.8 cm³/mol. The van der Waals surface area contributed by atoms with E-state index >= 15 is 0 Å². The average Bonchev–Trinajstić information content (AvgIpc) is 2.94. The van der Waals surface area contributed by atoms with Crippen molar-refractivity contribution in [3.05, 3.63) is 35.9 Å². The van der Waals surface area contributed by atoms with E-state index in [0.717, 1.165) is 45.9 Å². The van der Waals surface area contributed by atoms with Gasteiger partial charge in [0.1, 0.15) is 0 Å². The van der Waals surface area contributed by atoms with Crippen molar-refractivity contribution in [2.45, 2.75) is 26.8 Å². The largest absolute Gasteiger partial charge is 0.381 e. The second-order valence-corrected chi connectivity index (χ2v) is 5.87. The summed E-state index contributed by atoms with van der Waals surface area (Å²) < 4.78 is 5.69. The smallest absolute Gasteiger partial charge is 0.0547 e. The molecule has 1 aliphatic rings. The molecule has 1 N–H and O–H groups in total. The van der Waals surface area contributed by atoms with Crippen molar-refractivity contribution in [1.29, 1.82) is 0 Å². The van der Waals surface area contributed by atoms with Crippen LogP contribution >= 0.6 is 0 Å². The quantitative estimate of drug-likeness (QED) is 0.789. The Morgan fingerprint density at radius 2 is 2.05 bits per heavy atom. The Kier molecular flexibility index (Phi) is 6.02. The van der Waals surface area contributed by atoms with E-state index in [0.29, 0.717) is 5.41 Å². The van der Waals surface area contributed by atoms with Gasteiger partial charge in [0.25, 0.3) is 0 Å². The second-order valence-electron chi connectivity index (χ2n) is 5.87. The lowest BCUT2D eigenvalue weighted by Gasteiger charge is -2.34. The maximum Gasteiger partial charge on any atom is 0.0547 e. The molecule has 1 aliphatic heterocycles. The Hall–Kier alpha value is -0.900. The summed E-state index contributed by atoms with van der Waals surface area (Å²) in [6.45, 7) is 11.6. The van der Waals surface area contributed by atoms with Gasteiger partial charge in [-0.25, -0.2) is 0 Å². The Bertz CT molecular complexity index is 374. The first-order chi connectivity index (χ1) is 9.78. The van der Waals surface area contributed by atoms with E-state index in [2.05, 4.69) is 54.4 Å². The van der Waals surface area contributed by atoms with Gasteiger partial charge in [-0.1, -0.05) is 44.2 Å². The van der Waals surface area contributed by atoms with Gasteiger partial charge in [0.05, 0.1) is 6.61 Å². The monoisotopic (exact) mass is 276 g/mol. The molecule has 1 unspecified atom stereocenters. The Morgan fingerprint density at radius 3 is 2.65 bits per heavy atom. The van der Waals surface area contributed by atoms with E-state index in [1.165, 1.54) is 12.0 Å². The third-order valence-corrected chi connectivity index (χ3v) is 4.19. The third-order valence-electron chi connectivity index (χ3n) is 4.19. The zero-order chi connectivity index (χ0) is 14.3. The van der Waals surface area contributed by atoms with Gasteiger partial charge in [0.15, 0.2) is 0 Å². The fourth-order valence-electron chi connectivity index (χ4n) is 2.96. The van der Waals surface area contributed by atoms with E-state index in [-0.39, 0.29) is 0 Å². The van der Waals surface area contributed by atoms with E-state index in [4.69, 9.17) is 4.74 Å². The molecule has 1 saturated heterocycles. The number of benzene rings is 1. The highest BCUT2D eigenvalue weighted by atomic mass is 16.5. The maximum absolute atomic E-state index is 5.69. The van der Waals surface area contributed by atoms with Crippen LogP contribution < -0.4 is 5.32 Å². The van der Waals surface area contributed by atoms with Crippen molar-refractivity contribution in [1.82, 2.24) is 10.2 Å². The molecular formula is C17H28N2O. The predicted octanol–water partition coefficient (Wildman–Crippen LogP) is 2.52. The minimum Gasteiger partial charge on any atom is -0.381 e. The number of hydrogen-bond acceptors (Lipinski definition) is 3. The molecule has 0 amide bonds. The van der Waals surface area contributed by atoms with Crippen LogP contribution in [0.2, 0.25) is 0 Å². The number of nitrogens with zero attached hydrogens (tertiary/aromatic N) is 1. The lowest BCUT2D eigenvalue weighted by molar-refractivity contribution is 0.108. The number of nitrogens with one attached hydrogen (secondary N) is 1. The van der Waals surface area contributed by atoms with Crippen molar-refractivity contribution >= 4 is 0 Å². The molecule has 2 rings (SSSR count). The fourth-order valence-corrected chi connectivity index (χ4v) is 2.96. The number of rotatable bonds is 8. The number of hydrogen-bond donors (Lipinski definition) is 1. The summed E-state index contributed by atoms with van der Waals surface area (Å²) in [6, 6.07) is 10.7. The van der Waals surface area contributed by atoms with Crippen LogP contribution in [0, 0.1) is 5.41 Å². The van der Waals surface area contributed by atoms with Crippen LogP contribution in [-0.2, 0) is 11.3 Å². The molecule has 0 radical (unpaired) electrons. The highest BCUT2D eigenvalue weighted by Crippen LogP contribution is 2.29. The molecule has 1 fully saturated rings. The average molecular weight is 276 g/mol. The van der Waals surface area contributed by atoms with Gasteiger partial charge >= 0.3 is 0 Å². The van der Waals surface area contributed by atoms with Gasteiger partial charge in [-0.2, -0.15) is 0 Å². The molecule has 0 bridgehead atoms. The highest BCUT2D eigenvalue weighted by molar-refractivity contribution is 5.14. The number of ether oxygens (including phenoxy) is 1. The van der Waals surface area contributed by atoms with E-state index < -0.39 is 0 Å². The zero-order valence-electron chi connectivity index (χ0n) is 12.9. The first kappa shape index (κ1) is 15.5. The molecule has 0 saturated carbocycles. The molecule has 0 aliphatic carbocycles. The molecule has 0 aromatic heterocycles. The third kappa shape index (κ3) is 4.30. The molecule has 3 heteroatoms. The van der Waals surface area contributed by atoms with Crippen molar-refractivity contribution in [2.24, 2.45) is 5.41 Å². The second kappa shape index (κ2) is 7.77. The van der Waals surface area contributed by atoms with Gasteiger partial charge in [-0.15, -0.1) is 0 Å². The fraction of sp³-hybridized carbons (Fsp3) is 0.647. The summed E-state index contributed by atoms with van der Waals surface area (Å²) in [4.78, 5) is 2.54. The maximum atomic E-state index is 5.69. The molecule has 1 aromatic rings. The SMILES string of the molecule is CCNCC1(CN(CC)Cc2ccccc2)CCOC1. The van der Waals surface area contributed by atoms with Crippen molar-refractivity contribution < 1.29 is 4.74 Å². The van der Waals surface area contributed by atoms with Gasteiger partial charge in [0.2, 0.25) is 0 Å². The van der Waals surface area contributed by atoms with Crippen LogP contribution in [0.5, 0.6) is 0 Å². The molecule has 1 heterocycles. The summed E-state index contributed by atoms with van der Waals surface area (Å²) in [7, 11) is 0. The van der Waals surface area contributed by atoms with Crippen LogP contribution in [0.1, 0.15) is 25.8 Å². The Morgan fingerprint density at radius 1 is 1.25 bits per heavy atom. The van der Waals surface area contributed by atoms with Crippen LogP contribution in [0.15, 0.2) is 30.3 Å². The van der Waals surface area contributed by atoms with Crippen LogP contribution in [0.3, 0.4) is 0 Å². The lowest BCUT2D eigenvalue weighted by atomic mass is 9.86. The minimum absolute atomic E-state index is 0.292. The molecule has 1 atom stereocenters. The van der Waals surface area contributed by atoms with E-state index in [1.54, 1.807) is 0 Å². The zero-order valence-corrected chi connectivity index (χ0v) is 12.9. The van der Waals surface area contributed by atoms with Crippen molar-refractivity contribution in [3.63, 3.8) is 0 Å². The first-order valence-corrected chi connectivity index (χ1v) is 7.83. The molecule has 0 spiro atoms. The Labute approximate surface area is 123 Å². The van der Waals surface area contributed by atoms with Gasteiger partial charge in [-0.3, -0.25) is 4.90 Å². The topological polar surface area (TPSA) is 24.5 Å². The summed E-state index contributed by atoms with van der Waals surface area (Å²) in [5.41, 5.74) is 1.69. The van der Waals surface area contributed by atoms with Crippen LogP contribution in [0.25, 0.3) is 0 Å². The van der Waals surface area contributed by atoms with E-state index in [9.17, 15) is 0 Å². The highest BCUT2D eigenvalue weighted by Gasteiger charge is 2.35. The molecule has 3 nitrogen and oxygen atoms in total. The summed E-state index contributed by atoms with van der Waals surface area (Å²) in [6.07, 6.45) is 1.17. The van der Waals surface area contributed by atoms with Gasteiger partial charge < -0.3 is 10.1 Å². The summed E-state index contributed by atoms with van der Waals surface area (Å²) >= 11 is 0. The normalized spacial score (nSPS) is 22.6. The molecular weight excluding hydrogens is 248 g/mol. The molecule has 112 valence electrons. The molecule has 1 aromatic carbocycles. The van der Waals surface area contributed by atoms with Crippen LogP contribution in [0.4, 0.5) is 0 Å². The minimum atomic E-state index is 0.292. The summed E-state index contributed by atoms with van der Waals surface area (Å²) in [5.74, 6) is 0. The Balaban J connectivity index is 1.96. The summed E-state index contributed by atoms with van der Waals surface area (Å²) in [5, 5.41) is 3.52. The van der Waals surface area contributed by atoms with E-state index in [1.807, 2.05) is 0 Å². The van der Waals surface area contributed by atoms with Gasteiger partial charge in [0, 0.05) is 31.7 Å². The van der Waals surface area contributed by atoms with Crippen molar-refractivity contribution in [3.8, 4) is 0 Å². The lowest BCUT2D eigenvalue weighted by Crippen LogP contribution is -2.44. The standard InChI is InChI=1S/C17H28N2O/c1-3-18-13-17(10-11-20-15-17)14-19(4-2)12-16-8-6-5-7-9-16/h5-9,18H,3-4,10-15H2,1-2H3.